The zero-order valence-electron chi connectivity index (χ0n) is 13.6. The molecular formula is C18H20ClFN2O2. The van der Waals surface area contributed by atoms with E-state index in [0.717, 1.165) is 0 Å². The fourth-order valence-corrected chi connectivity index (χ4v) is 2.21. The largest absolute Gasteiger partial charge is 0.476 e. The first kappa shape index (κ1) is 18.2. The van der Waals surface area contributed by atoms with Gasteiger partial charge in [-0.15, -0.1) is 0 Å². The third-order valence-corrected chi connectivity index (χ3v) is 3.85. The lowest BCUT2D eigenvalue weighted by atomic mass is 10.1. The number of rotatable bonds is 7. The van der Waals surface area contributed by atoms with E-state index < -0.39 is 11.9 Å². The van der Waals surface area contributed by atoms with E-state index in [4.69, 9.17) is 16.3 Å². The monoisotopic (exact) mass is 350 g/mol. The highest BCUT2D eigenvalue weighted by Crippen LogP contribution is 2.26. The Bertz CT molecular complexity index is 682. The highest BCUT2D eigenvalue weighted by molar-refractivity contribution is 6.30. The fraction of sp³-hybridized carbons (Fsp3) is 0.278. The Morgan fingerprint density at radius 1 is 1.25 bits per heavy atom. The second-order valence-corrected chi connectivity index (χ2v) is 5.83. The van der Waals surface area contributed by atoms with Crippen molar-refractivity contribution in [2.24, 2.45) is 0 Å². The number of carbonyl (C=O) groups excluding carboxylic acids is 1. The van der Waals surface area contributed by atoms with Gasteiger partial charge in [0.2, 0.25) is 6.10 Å². The molecule has 0 aliphatic heterocycles. The van der Waals surface area contributed by atoms with Crippen LogP contribution in [0.1, 0.15) is 18.6 Å². The summed E-state index contributed by atoms with van der Waals surface area (Å²) in [7, 11) is 1.82. The summed E-state index contributed by atoms with van der Waals surface area (Å²) in [5, 5.41) is 5.84. The molecule has 0 fully saturated rings. The molecule has 0 aliphatic rings. The molecule has 128 valence electrons. The minimum absolute atomic E-state index is 0.0523. The van der Waals surface area contributed by atoms with E-state index in [9.17, 15) is 9.18 Å². The lowest BCUT2D eigenvalue weighted by molar-refractivity contribution is -0.128. The predicted molar refractivity (Wildman–Crippen MR) is 92.8 cm³/mol. The van der Waals surface area contributed by atoms with Crippen molar-refractivity contribution < 1.29 is 13.9 Å². The lowest BCUT2D eigenvalue weighted by Crippen LogP contribution is -2.40. The molecule has 0 saturated heterocycles. The zero-order valence-corrected chi connectivity index (χ0v) is 14.3. The molecule has 2 unspecified atom stereocenters. The van der Waals surface area contributed by atoms with Gasteiger partial charge in [0.05, 0.1) is 5.02 Å². The third kappa shape index (κ3) is 4.94. The molecular weight excluding hydrogens is 331 g/mol. The summed E-state index contributed by atoms with van der Waals surface area (Å²) in [6, 6.07) is 13.3. The first-order chi connectivity index (χ1) is 11.5. The minimum atomic E-state index is -0.850. The molecule has 2 N–H and O–H groups in total. The Morgan fingerprint density at radius 2 is 1.96 bits per heavy atom. The van der Waals surface area contributed by atoms with E-state index in [1.165, 1.54) is 18.2 Å². The van der Waals surface area contributed by atoms with Crippen molar-refractivity contribution in [3.63, 3.8) is 0 Å². The highest BCUT2D eigenvalue weighted by atomic mass is 35.5. The van der Waals surface area contributed by atoms with Crippen LogP contribution in [0.25, 0.3) is 0 Å². The van der Waals surface area contributed by atoms with Crippen LogP contribution >= 0.6 is 11.6 Å². The van der Waals surface area contributed by atoms with Crippen LogP contribution in [0.2, 0.25) is 5.02 Å². The number of amides is 1. The molecule has 4 nitrogen and oxygen atoms in total. The summed E-state index contributed by atoms with van der Waals surface area (Å²) in [5.74, 6) is -0.483. The second kappa shape index (κ2) is 8.66. The Labute approximate surface area is 146 Å². The SMILES string of the molecule is CNC(C)CNC(=O)C(Oc1ccc(F)c(Cl)c1)c1ccccc1. The number of likely N-dealkylation sites (N-methyl/N-ethyl adjacent to an activating group) is 1. The summed E-state index contributed by atoms with van der Waals surface area (Å²) in [6.45, 7) is 2.42. The van der Waals surface area contributed by atoms with Gasteiger partial charge in [-0.05, 0) is 26.1 Å². The van der Waals surface area contributed by atoms with Gasteiger partial charge in [0.15, 0.2) is 0 Å². The van der Waals surface area contributed by atoms with Crippen molar-refractivity contribution in [1.82, 2.24) is 10.6 Å². The van der Waals surface area contributed by atoms with E-state index in [2.05, 4.69) is 10.6 Å². The van der Waals surface area contributed by atoms with Crippen LogP contribution in [0.5, 0.6) is 5.75 Å². The second-order valence-electron chi connectivity index (χ2n) is 5.42. The molecule has 0 aromatic heterocycles. The number of halogens is 2. The van der Waals surface area contributed by atoms with Crippen LogP contribution in [-0.2, 0) is 4.79 Å². The maximum atomic E-state index is 13.3. The summed E-state index contributed by atoms with van der Waals surface area (Å²) < 4.78 is 19.1. The number of nitrogens with one attached hydrogen (secondary N) is 2. The van der Waals surface area contributed by atoms with Crippen molar-refractivity contribution in [3.05, 3.63) is 64.9 Å². The summed E-state index contributed by atoms with van der Waals surface area (Å²) in [4.78, 5) is 12.5. The molecule has 2 rings (SSSR count). The van der Waals surface area contributed by atoms with Gasteiger partial charge in [0.25, 0.3) is 5.91 Å². The van der Waals surface area contributed by atoms with Crippen LogP contribution in [0.15, 0.2) is 48.5 Å². The van der Waals surface area contributed by atoms with E-state index in [1.54, 1.807) is 12.1 Å². The van der Waals surface area contributed by atoms with Crippen LogP contribution in [-0.4, -0.2) is 25.5 Å². The average Bonchev–Trinajstić information content (AvgIpc) is 2.61. The first-order valence-corrected chi connectivity index (χ1v) is 8.00. The van der Waals surface area contributed by atoms with Gasteiger partial charge in [-0.1, -0.05) is 41.9 Å². The Morgan fingerprint density at radius 3 is 2.58 bits per heavy atom. The highest BCUT2D eigenvalue weighted by Gasteiger charge is 2.23. The van der Waals surface area contributed by atoms with E-state index in [0.29, 0.717) is 17.9 Å². The third-order valence-electron chi connectivity index (χ3n) is 3.56. The number of ether oxygens (including phenoxy) is 1. The van der Waals surface area contributed by atoms with E-state index >= 15 is 0 Å². The Hall–Kier alpha value is -2.11. The predicted octanol–water partition coefficient (Wildman–Crippen LogP) is 3.32. The van der Waals surface area contributed by atoms with Gasteiger partial charge in [-0.25, -0.2) is 4.39 Å². The average molecular weight is 351 g/mol. The maximum absolute atomic E-state index is 13.3. The normalized spacial score (nSPS) is 13.2. The molecule has 24 heavy (non-hydrogen) atoms. The molecule has 0 spiro atoms. The standard InChI is InChI=1S/C18H20ClFN2O2/c1-12(21-2)11-22-18(23)17(13-6-4-3-5-7-13)24-14-8-9-16(20)15(19)10-14/h3-10,12,17,21H,11H2,1-2H3,(H,22,23). The number of hydrogen-bond donors (Lipinski definition) is 2. The van der Waals surface area contributed by atoms with Crippen LogP contribution in [0.4, 0.5) is 4.39 Å². The molecule has 1 amide bonds. The first-order valence-electron chi connectivity index (χ1n) is 7.63. The van der Waals surface area contributed by atoms with Crippen LogP contribution in [0.3, 0.4) is 0 Å². The van der Waals surface area contributed by atoms with Gasteiger partial charge in [0, 0.05) is 24.2 Å². The van der Waals surface area contributed by atoms with Crippen LogP contribution < -0.4 is 15.4 Å². The van der Waals surface area contributed by atoms with Crippen molar-refractivity contribution in [2.75, 3.05) is 13.6 Å². The van der Waals surface area contributed by atoms with Crippen molar-refractivity contribution in [3.8, 4) is 5.75 Å². The van der Waals surface area contributed by atoms with E-state index in [-0.39, 0.29) is 17.0 Å². The van der Waals surface area contributed by atoms with Gasteiger partial charge in [-0.2, -0.15) is 0 Å². The minimum Gasteiger partial charge on any atom is -0.476 e. The zero-order chi connectivity index (χ0) is 17.5. The van der Waals surface area contributed by atoms with Gasteiger partial charge in [-0.3, -0.25) is 4.79 Å². The number of carbonyl (C=O) groups is 1. The van der Waals surface area contributed by atoms with Gasteiger partial charge < -0.3 is 15.4 Å². The fourth-order valence-electron chi connectivity index (χ4n) is 2.04. The van der Waals surface area contributed by atoms with E-state index in [1.807, 2.05) is 32.2 Å². The number of hydrogen-bond acceptors (Lipinski definition) is 3. The quantitative estimate of drug-likeness (QED) is 0.805. The molecule has 0 radical (unpaired) electrons. The Balaban J connectivity index is 2.19. The smallest absolute Gasteiger partial charge is 0.265 e. The molecule has 0 saturated carbocycles. The van der Waals surface area contributed by atoms with Gasteiger partial charge in [0.1, 0.15) is 11.6 Å². The van der Waals surface area contributed by atoms with Crippen molar-refractivity contribution >= 4 is 17.5 Å². The van der Waals surface area contributed by atoms with Crippen molar-refractivity contribution in [1.29, 1.82) is 0 Å². The van der Waals surface area contributed by atoms with Crippen molar-refractivity contribution in [2.45, 2.75) is 19.1 Å². The Kier molecular flexibility index (Phi) is 6.58. The summed E-state index contributed by atoms with van der Waals surface area (Å²) in [6.07, 6.45) is -0.850. The maximum Gasteiger partial charge on any atom is 0.265 e. The molecule has 2 aromatic carbocycles. The van der Waals surface area contributed by atoms with Crippen LogP contribution in [0, 0.1) is 5.82 Å². The molecule has 0 aliphatic carbocycles. The summed E-state index contributed by atoms with van der Waals surface area (Å²) in [5.41, 5.74) is 0.701. The van der Waals surface area contributed by atoms with Gasteiger partial charge >= 0.3 is 0 Å². The summed E-state index contributed by atoms with van der Waals surface area (Å²) >= 11 is 5.78. The molecule has 0 bridgehead atoms. The molecule has 2 aromatic rings. The lowest BCUT2D eigenvalue weighted by Gasteiger charge is -2.20. The molecule has 6 heteroatoms. The molecule has 2 atom stereocenters. The topological polar surface area (TPSA) is 50.4 Å². The molecule has 0 heterocycles. The number of benzene rings is 2.